The molecule has 0 saturated heterocycles. The van der Waals surface area contributed by atoms with Crippen LogP contribution in [0.25, 0.3) is 0 Å². The maximum Gasteiger partial charge on any atom is 0.102 e. The molecule has 4 nitrogen and oxygen atoms in total. The minimum atomic E-state index is -0.928. The number of rotatable bonds is 6. The van der Waals surface area contributed by atoms with Gasteiger partial charge in [-0.1, -0.05) is 23.7 Å². The molecule has 0 amide bonds. The van der Waals surface area contributed by atoms with Crippen LogP contribution in [0.5, 0.6) is 0 Å². The first kappa shape index (κ1) is 16.0. The summed E-state index contributed by atoms with van der Waals surface area (Å²) in [5, 5.41) is 18.7. The molecule has 2 aromatic rings. The van der Waals surface area contributed by atoms with Gasteiger partial charge in [-0.25, -0.2) is 0 Å². The molecule has 21 heavy (non-hydrogen) atoms. The minimum absolute atomic E-state index is 0.259. The van der Waals surface area contributed by atoms with Crippen LogP contribution in [0.15, 0.2) is 36.7 Å². The number of hydrogen-bond acceptors (Lipinski definition) is 3. The summed E-state index contributed by atoms with van der Waals surface area (Å²) in [4.78, 5) is 0. The van der Waals surface area contributed by atoms with Crippen LogP contribution in [0.2, 0.25) is 5.02 Å². The van der Waals surface area contributed by atoms with Crippen molar-refractivity contribution < 1.29 is 5.11 Å². The molecule has 2 atom stereocenters. The van der Waals surface area contributed by atoms with E-state index in [1.807, 2.05) is 37.5 Å². The second-order valence-electron chi connectivity index (χ2n) is 5.79. The number of halogens is 1. The lowest BCUT2D eigenvalue weighted by molar-refractivity contribution is 0.0543. The third-order valence-corrected chi connectivity index (χ3v) is 3.83. The van der Waals surface area contributed by atoms with Crippen molar-refractivity contribution in [2.24, 2.45) is 7.05 Å². The number of nitrogens with zero attached hydrogens (tertiary/aromatic N) is 2. The quantitative estimate of drug-likeness (QED) is 0.862. The minimum Gasteiger partial charge on any atom is -0.384 e. The summed E-state index contributed by atoms with van der Waals surface area (Å²) in [5.41, 5.74) is 1.11. The molecule has 0 radical (unpaired) electrons. The Hall–Kier alpha value is -1.36. The number of aryl methyl sites for hydroxylation is 1. The summed E-state index contributed by atoms with van der Waals surface area (Å²) in [5.74, 6) is 0. The van der Waals surface area contributed by atoms with Gasteiger partial charge in [-0.15, -0.1) is 0 Å². The molecule has 5 heteroatoms. The summed E-state index contributed by atoms with van der Waals surface area (Å²) in [7, 11) is 1.84. The Balaban J connectivity index is 1.88. The molecule has 1 aromatic heterocycles. The fourth-order valence-electron chi connectivity index (χ4n) is 2.22. The SMILES string of the molecule is C[C@H](Cc1ccc(Cl)cc1)NC[C@@](C)(O)c1cnn(C)c1. The zero-order chi connectivity index (χ0) is 15.5. The van der Waals surface area contributed by atoms with Crippen LogP contribution in [0, 0.1) is 0 Å². The predicted octanol–water partition coefficient (Wildman–Crippen LogP) is 2.50. The lowest BCUT2D eigenvalue weighted by atomic mass is 9.98. The predicted molar refractivity (Wildman–Crippen MR) is 85.4 cm³/mol. The summed E-state index contributed by atoms with van der Waals surface area (Å²) in [6.07, 6.45) is 4.43. The van der Waals surface area contributed by atoms with E-state index < -0.39 is 5.60 Å². The van der Waals surface area contributed by atoms with Gasteiger partial charge in [-0.05, 0) is 38.0 Å². The van der Waals surface area contributed by atoms with Crippen LogP contribution >= 0.6 is 11.6 Å². The average Bonchev–Trinajstić information content (AvgIpc) is 2.87. The summed E-state index contributed by atoms with van der Waals surface area (Å²) in [6.45, 7) is 4.38. The van der Waals surface area contributed by atoms with Gasteiger partial charge in [-0.2, -0.15) is 5.10 Å². The maximum atomic E-state index is 10.5. The molecule has 1 heterocycles. The molecule has 0 aliphatic rings. The summed E-state index contributed by atoms with van der Waals surface area (Å²) >= 11 is 5.88. The lowest BCUT2D eigenvalue weighted by Gasteiger charge is -2.25. The van der Waals surface area contributed by atoms with Gasteiger partial charge in [0.15, 0.2) is 0 Å². The highest BCUT2D eigenvalue weighted by Crippen LogP contribution is 2.19. The van der Waals surface area contributed by atoms with Crippen molar-refractivity contribution in [2.45, 2.75) is 31.9 Å². The zero-order valence-corrected chi connectivity index (χ0v) is 13.4. The molecule has 2 N–H and O–H groups in total. The smallest absolute Gasteiger partial charge is 0.102 e. The van der Waals surface area contributed by atoms with Crippen molar-refractivity contribution in [1.29, 1.82) is 0 Å². The molecule has 0 saturated carbocycles. The van der Waals surface area contributed by atoms with Crippen molar-refractivity contribution in [3.8, 4) is 0 Å². The largest absolute Gasteiger partial charge is 0.384 e. The molecule has 0 fully saturated rings. The molecule has 0 unspecified atom stereocenters. The van der Waals surface area contributed by atoms with E-state index in [2.05, 4.69) is 17.3 Å². The number of benzene rings is 1. The normalized spacial score (nSPS) is 15.7. The van der Waals surface area contributed by atoms with Gasteiger partial charge in [0, 0.05) is 36.4 Å². The van der Waals surface area contributed by atoms with Gasteiger partial charge in [0.2, 0.25) is 0 Å². The molecule has 2 rings (SSSR count). The van der Waals surface area contributed by atoms with Gasteiger partial charge < -0.3 is 10.4 Å². The molecular formula is C16H22ClN3O. The van der Waals surface area contributed by atoms with E-state index in [0.29, 0.717) is 6.54 Å². The monoisotopic (exact) mass is 307 g/mol. The van der Waals surface area contributed by atoms with Gasteiger partial charge >= 0.3 is 0 Å². The Bertz CT molecular complexity index is 577. The van der Waals surface area contributed by atoms with Crippen molar-refractivity contribution in [2.75, 3.05) is 6.54 Å². The van der Waals surface area contributed by atoms with E-state index in [0.717, 1.165) is 17.0 Å². The number of aliphatic hydroxyl groups is 1. The fraction of sp³-hybridized carbons (Fsp3) is 0.438. The Morgan fingerprint density at radius 2 is 2.05 bits per heavy atom. The maximum absolute atomic E-state index is 10.5. The van der Waals surface area contributed by atoms with Crippen molar-refractivity contribution in [1.82, 2.24) is 15.1 Å². The van der Waals surface area contributed by atoms with Gasteiger partial charge in [0.1, 0.15) is 5.60 Å². The van der Waals surface area contributed by atoms with E-state index in [1.165, 1.54) is 5.56 Å². The molecule has 114 valence electrons. The third kappa shape index (κ3) is 4.56. The Morgan fingerprint density at radius 1 is 1.38 bits per heavy atom. The highest BCUT2D eigenvalue weighted by Gasteiger charge is 2.25. The molecule has 0 aliphatic carbocycles. The van der Waals surface area contributed by atoms with Crippen LogP contribution in [-0.4, -0.2) is 27.5 Å². The first-order chi connectivity index (χ1) is 9.87. The van der Waals surface area contributed by atoms with Crippen LogP contribution in [0.3, 0.4) is 0 Å². The first-order valence-electron chi connectivity index (χ1n) is 7.06. The van der Waals surface area contributed by atoms with Crippen molar-refractivity contribution >= 4 is 11.6 Å². The number of nitrogens with one attached hydrogen (secondary N) is 1. The van der Waals surface area contributed by atoms with E-state index >= 15 is 0 Å². The summed E-state index contributed by atoms with van der Waals surface area (Å²) < 4.78 is 1.70. The van der Waals surface area contributed by atoms with Crippen LogP contribution in [-0.2, 0) is 19.1 Å². The molecular weight excluding hydrogens is 286 g/mol. The Labute approximate surface area is 130 Å². The van der Waals surface area contributed by atoms with E-state index in [-0.39, 0.29) is 6.04 Å². The molecule has 0 aliphatic heterocycles. The topological polar surface area (TPSA) is 50.1 Å². The van der Waals surface area contributed by atoms with Crippen molar-refractivity contribution in [3.63, 3.8) is 0 Å². The van der Waals surface area contributed by atoms with E-state index in [9.17, 15) is 5.11 Å². The van der Waals surface area contributed by atoms with Crippen LogP contribution < -0.4 is 5.32 Å². The van der Waals surface area contributed by atoms with E-state index in [4.69, 9.17) is 11.6 Å². The fourth-order valence-corrected chi connectivity index (χ4v) is 2.35. The van der Waals surface area contributed by atoms with Gasteiger partial charge in [0.25, 0.3) is 0 Å². The Morgan fingerprint density at radius 3 is 2.62 bits per heavy atom. The standard InChI is InChI=1S/C16H22ClN3O/c1-12(8-13-4-6-15(17)7-5-13)18-11-16(2,21)14-9-19-20(3)10-14/h4-7,9-10,12,18,21H,8,11H2,1-3H3/t12-,16-/m1/s1. The van der Waals surface area contributed by atoms with Crippen molar-refractivity contribution in [3.05, 3.63) is 52.8 Å². The second-order valence-corrected chi connectivity index (χ2v) is 6.23. The third-order valence-electron chi connectivity index (χ3n) is 3.58. The molecule has 1 aromatic carbocycles. The highest BCUT2D eigenvalue weighted by molar-refractivity contribution is 6.30. The highest BCUT2D eigenvalue weighted by atomic mass is 35.5. The second kappa shape index (κ2) is 6.60. The number of aromatic nitrogens is 2. The van der Waals surface area contributed by atoms with Crippen LogP contribution in [0.1, 0.15) is 25.0 Å². The zero-order valence-electron chi connectivity index (χ0n) is 12.7. The molecule has 0 spiro atoms. The first-order valence-corrected chi connectivity index (χ1v) is 7.44. The lowest BCUT2D eigenvalue weighted by Crippen LogP contribution is -2.40. The Kier molecular flexibility index (Phi) is 5.04. The molecule has 0 bridgehead atoms. The van der Waals surface area contributed by atoms with Gasteiger partial charge in [0.05, 0.1) is 6.20 Å². The number of hydrogen-bond donors (Lipinski definition) is 2. The van der Waals surface area contributed by atoms with Gasteiger partial charge in [-0.3, -0.25) is 4.68 Å². The van der Waals surface area contributed by atoms with Crippen LogP contribution in [0.4, 0.5) is 0 Å². The average molecular weight is 308 g/mol. The summed E-state index contributed by atoms with van der Waals surface area (Å²) in [6, 6.07) is 8.11. The van der Waals surface area contributed by atoms with E-state index in [1.54, 1.807) is 17.8 Å².